The Kier molecular flexibility index (Phi) is 5.82. The van der Waals surface area contributed by atoms with Crippen molar-refractivity contribution in [2.45, 2.75) is 24.2 Å². The Balaban J connectivity index is 3.53. The number of hydrogen-bond acceptors (Lipinski definition) is 2. The molecule has 1 N–H and O–H groups in total. The summed E-state index contributed by atoms with van der Waals surface area (Å²) in [4.78, 5) is 11.2. The number of rotatable bonds is 3. The van der Waals surface area contributed by atoms with Gasteiger partial charge >= 0.3 is 24.2 Å². The van der Waals surface area contributed by atoms with Gasteiger partial charge in [0, 0.05) is 11.6 Å². The zero-order chi connectivity index (χ0) is 21.6. The van der Waals surface area contributed by atoms with Crippen molar-refractivity contribution in [2.24, 2.45) is 0 Å². The molecule has 0 radical (unpaired) electrons. The van der Waals surface area contributed by atoms with Gasteiger partial charge in [-0.05, 0) is 12.1 Å². The third kappa shape index (κ3) is 4.28. The molecule has 0 atom stereocenters. The Morgan fingerprint density at radius 3 is 1.74 bits per heavy atom. The molecule has 0 aliphatic heterocycles. The van der Waals surface area contributed by atoms with E-state index in [0.717, 1.165) is 0 Å². The van der Waals surface area contributed by atoms with Crippen molar-refractivity contribution in [3.63, 3.8) is 0 Å². The molecule has 14 heteroatoms. The van der Waals surface area contributed by atoms with Gasteiger partial charge in [0.25, 0.3) is 0 Å². The number of ketones is 1. The van der Waals surface area contributed by atoms with Gasteiger partial charge in [-0.2, -0.15) is 39.5 Å². The minimum absolute atomic E-state index is 0.173. The molecule has 1 aromatic carbocycles. The fraction of sp³-hybridized carbons (Fsp3) is 0.308. The standard InChI is InChI=1S/C13H4ClF11O2/c14-6-2-4(1-5(9(6)15)11(17,18)19)7(26)3-8(27)10(16,12(20,21)22)13(23,24)25/h1-3,26H/b7-3-. The number of carbonyl (C=O) groups excluding carboxylic acids is 1. The summed E-state index contributed by atoms with van der Waals surface area (Å²) in [6.45, 7) is 0. The summed E-state index contributed by atoms with van der Waals surface area (Å²) in [7, 11) is 0. The molecule has 0 heterocycles. The smallest absolute Gasteiger partial charge is 0.439 e. The van der Waals surface area contributed by atoms with Crippen LogP contribution in [0.3, 0.4) is 0 Å². The second kappa shape index (κ2) is 6.84. The molecule has 0 saturated heterocycles. The van der Waals surface area contributed by atoms with Crippen LogP contribution >= 0.6 is 11.6 Å². The maximum absolute atomic E-state index is 13.5. The summed E-state index contributed by atoms with van der Waals surface area (Å²) in [6.07, 6.45) is -19.9. The van der Waals surface area contributed by atoms with Crippen LogP contribution in [-0.2, 0) is 11.0 Å². The zero-order valence-corrected chi connectivity index (χ0v) is 12.9. The van der Waals surface area contributed by atoms with E-state index in [2.05, 4.69) is 0 Å². The third-order valence-corrected chi connectivity index (χ3v) is 3.29. The van der Waals surface area contributed by atoms with Crippen LogP contribution in [0.1, 0.15) is 11.1 Å². The molecule has 0 spiro atoms. The lowest BCUT2D eigenvalue weighted by Crippen LogP contribution is -2.58. The van der Waals surface area contributed by atoms with E-state index in [1.165, 1.54) is 0 Å². The third-order valence-electron chi connectivity index (χ3n) is 3.02. The molecule has 1 aromatic rings. The summed E-state index contributed by atoms with van der Waals surface area (Å²) < 4.78 is 139. The summed E-state index contributed by atoms with van der Waals surface area (Å²) in [5.74, 6) is -7.37. The highest BCUT2D eigenvalue weighted by Crippen LogP contribution is 2.47. The van der Waals surface area contributed by atoms with E-state index in [4.69, 9.17) is 11.6 Å². The second-order valence-corrected chi connectivity index (χ2v) is 5.27. The SMILES string of the molecule is O=C(/C=C(\O)c1cc(Cl)c(F)c(C(F)(F)F)c1)C(F)(C(F)(F)F)C(F)(F)F. The summed E-state index contributed by atoms with van der Waals surface area (Å²) in [5, 5.41) is 8.05. The van der Waals surface area contributed by atoms with Crippen molar-refractivity contribution >= 4 is 23.1 Å². The van der Waals surface area contributed by atoms with Gasteiger partial charge in [0.05, 0.1) is 10.6 Å². The highest BCUT2D eigenvalue weighted by molar-refractivity contribution is 6.31. The van der Waals surface area contributed by atoms with Gasteiger partial charge in [0.2, 0.25) is 5.78 Å². The number of allylic oxidation sites excluding steroid dienone is 1. The van der Waals surface area contributed by atoms with E-state index in [9.17, 15) is 58.2 Å². The van der Waals surface area contributed by atoms with Crippen molar-refractivity contribution in [3.8, 4) is 0 Å². The Bertz CT molecular complexity index is 760. The number of benzene rings is 1. The summed E-state index contributed by atoms with van der Waals surface area (Å²) >= 11 is 5.11. The number of alkyl halides is 10. The molecule has 0 aliphatic carbocycles. The fourth-order valence-electron chi connectivity index (χ4n) is 1.69. The number of hydrogen-bond donors (Lipinski definition) is 1. The van der Waals surface area contributed by atoms with E-state index < -0.39 is 63.8 Å². The predicted octanol–water partition coefficient (Wildman–Crippen LogP) is 5.80. The highest BCUT2D eigenvalue weighted by Gasteiger charge is 2.76. The topological polar surface area (TPSA) is 37.3 Å². The molecule has 0 saturated carbocycles. The lowest BCUT2D eigenvalue weighted by atomic mass is 9.97. The maximum Gasteiger partial charge on any atom is 0.439 e. The Morgan fingerprint density at radius 1 is 0.926 bits per heavy atom. The molecule has 0 aromatic heterocycles. The van der Waals surface area contributed by atoms with Crippen LogP contribution in [0, 0.1) is 5.82 Å². The normalized spacial score (nSPS) is 14.4. The van der Waals surface area contributed by atoms with Crippen molar-refractivity contribution in [1.82, 2.24) is 0 Å². The van der Waals surface area contributed by atoms with E-state index in [0.29, 0.717) is 0 Å². The molecule has 1 rings (SSSR count). The van der Waals surface area contributed by atoms with Gasteiger partial charge in [-0.15, -0.1) is 0 Å². The van der Waals surface area contributed by atoms with Crippen molar-refractivity contribution < 1.29 is 58.2 Å². The minimum atomic E-state index is -6.79. The van der Waals surface area contributed by atoms with Crippen molar-refractivity contribution in [3.05, 3.63) is 40.2 Å². The Morgan fingerprint density at radius 2 is 1.37 bits per heavy atom. The van der Waals surface area contributed by atoms with E-state index in [1.54, 1.807) is 0 Å². The summed E-state index contributed by atoms with van der Waals surface area (Å²) in [6, 6.07) is -0.0756. The first kappa shape index (κ1) is 23.0. The van der Waals surface area contributed by atoms with Crippen LogP contribution in [-0.4, -0.2) is 28.9 Å². The van der Waals surface area contributed by atoms with Crippen molar-refractivity contribution in [1.29, 1.82) is 0 Å². The largest absolute Gasteiger partial charge is 0.507 e. The molecule has 0 aliphatic rings. The molecule has 152 valence electrons. The molecule has 0 unspecified atom stereocenters. The first-order valence-electron chi connectivity index (χ1n) is 6.18. The monoisotopic (exact) mass is 436 g/mol. The Hall–Kier alpha value is -2.05. The first-order valence-corrected chi connectivity index (χ1v) is 6.56. The lowest BCUT2D eigenvalue weighted by molar-refractivity contribution is -0.323. The predicted molar refractivity (Wildman–Crippen MR) is 68.0 cm³/mol. The fourth-order valence-corrected chi connectivity index (χ4v) is 1.91. The van der Waals surface area contributed by atoms with Crippen LogP contribution < -0.4 is 0 Å². The molecule has 0 fully saturated rings. The van der Waals surface area contributed by atoms with Gasteiger partial charge in [0.1, 0.15) is 5.76 Å². The van der Waals surface area contributed by atoms with E-state index in [1.807, 2.05) is 0 Å². The average molecular weight is 437 g/mol. The zero-order valence-electron chi connectivity index (χ0n) is 12.1. The maximum atomic E-state index is 13.5. The highest BCUT2D eigenvalue weighted by atomic mass is 35.5. The number of aliphatic hydroxyl groups is 1. The van der Waals surface area contributed by atoms with Gasteiger partial charge in [0.15, 0.2) is 5.82 Å². The molecule has 0 bridgehead atoms. The first-order chi connectivity index (χ1) is 11.8. The van der Waals surface area contributed by atoms with Gasteiger partial charge in [-0.25, -0.2) is 8.78 Å². The van der Waals surface area contributed by atoms with E-state index >= 15 is 0 Å². The van der Waals surface area contributed by atoms with Crippen LogP contribution in [0.4, 0.5) is 48.3 Å². The quantitative estimate of drug-likeness (QED) is 0.369. The molecule has 2 nitrogen and oxygen atoms in total. The van der Waals surface area contributed by atoms with Gasteiger partial charge in [-0.1, -0.05) is 11.6 Å². The van der Waals surface area contributed by atoms with Gasteiger partial charge in [-0.3, -0.25) is 4.79 Å². The van der Waals surface area contributed by atoms with Crippen LogP contribution in [0.15, 0.2) is 18.2 Å². The molecule has 27 heavy (non-hydrogen) atoms. The Labute approximate surface area is 146 Å². The average Bonchev–Trinajstić information content (AvgIpc) is 2.45. The number of halogens is 12. The molecular formula is C13H4ClF11O2. The van der Waals surface area contributed by atoms with Crippen LogP contribution in [0.5, 0.6) is 0 Å². The lowest BCUT2D eigenvalue weighted by Gasteiger charge is -2.27. The van der Waals surface area contributed by atoms with Gasteiger partial charge < -0.3 is 5.11 Å². The van der Waals surface area contributed by atoms with E-state index in [-0.39, 0.29) is 12.1 Å². The number of carbonyl (C=O) groups is 1. The summed E-state index contributed by atoms with van der Waals surface area (Å²) in [5.41, 5.74) is -9.87. The van der Waals surface area contributed by atoms with Crippen LogP contribution in [0.25, 0.3) is 5.76 Å². The second-order valence-electron chi connectivity index (χ2n) is 4.87. The molecular weight excluding hydrogens is 433 g/mol. The molecule has 0 amide bonds. The van der Waals surface area contributed by atoms with Crippen molar-refractivity contribution in [2.75, 3.05) is 0 Å². The van der Waals surface area contributed by atoms with Crippen LogP contribution in [0.2, 0.25) is 5.02 Å². The minimum Gasteiger partial charge on any atom is -0.507 e. The number of aliphatic hydroxyl groups excluding tert-OH is 1.